The molecule has 1 aromatic carbocycles. The summed E-state index contributed by atoms with van der Waals surface area (Å²) < 4.78 is 11.0. The summed E-state index contributed by atoms with van der Waals surface area (Å²) >= 11 is 0. The topological polar surface area (TPSA) is 115 Å². The van der Waals surface area contributed by atoms with Gasteiger partial charge in [-0.1, -0.05) is 6.58 Å². The van der Waals surface area contributed by atoms with Crippen molar-refractivity contribution < 1.29 is 19.1 Å². The van der Waals surface area contributed by atoms with E-state index in [4.69, 9.17) is 19.4 Å². The van der Waals surface area contributed by atoms with Gasteiger partial charge in [-0.25, -0.2) is 4.79 Å². The van der Waals surface area contributed by atoms with Crippen LogP contribution >= 0.6 is 0 Å². The van der Waals surface area contributed by atoms with Crippen LogP contribution in [-0.2, 0) is 28.8 Å². The van der Waals surface area contributed by atoms with Crippen LogP contribution in [-0.4, -0.2) is 104 Å². The molecule has 2 aromatic rings. The van der Waals surface area contributed by atoms with Crippen molar-refractivity contribution in [1.29, 1.82) is 5.26 Å². The lowest BCUT2D eigenvalue weighted by atomic mass is 9.88. The number of rotatable bonds is 9. The van der Waals surface area contributed by atoms with Crippen LogP contribution in [0.3, 0.4) is 0 Å². The SMILES string of the molecule is C=CC(=O)N1CCN(c2nc(OCCN(C)C)nc3c2CCC(N2CCCc4cc(C(=O)OC)ccc42)C3)C[C@@H]1CC#N. The molecule has 5 rings (SSSR count). The van der Waals surface area contributed by atoms with Gasteiger partial charge in [0, 0.05) is 56.4 Å². The van der Waals surface area contributed by atoms with Gasteiger partial charge in [-0.3, -0.25) is 4.79 Å². The quantitative estimate of drug-likeness (QED) is 0.320. The first-order valence-corrected chi connectivity index (χ1v) is 15.0. The Labute approximate surface area is 253 Å². The zero-order valence-corrected chi connectivity index (χ0v) is 25.4. The molecule has 0 spiro atoms. The Balaban J connectivity index is 1.43. The Bertz CT molecular complexity index is 1400. The molecule has 2 aliphatic heterocycles. The maximum Gasteiger partial charge on any atom is 0.337 e. The molecule has 3 heterocycles. The molecule has 0 saturated carbocycles. The first-order chi connectivity index (χ1) is 20.8. The maximum atomic E-state index is 12.5. The summed E-state index contributed by atoms with van der Waals surface area (Å²) in [5.41, 5.74) is 5.03. The number of hydrogen-bond acceptors (Lipinski definition) is 10. The molecular formula is C32H41N7O4. The van der Waals surface area contributed by atoms with Crippen LogP contribution in [0.4, 0.5) is 11.5 Å². The molecule has 0 bridgehead atoms. The fourth-order valence-corrected chi connectivity index (χ4v) is 6.45. The number of aryl methyl sites for hydroxylation is 1. The van der Waals surface area contributed by atoms with Crippen molar-refractivity contribution in [1.82, 2.24) is 19.8 Å². The average Bonchev–Trinajstić information content (AvgIpc) is 3.02. The van der Waals surface area contributed by atoms with E-state index in [1.165, 1.54) is 24.4 Å². The fourth-order valence-electron chi connectivity index (χ4n) is 6.45. The van der Waals surface area contributed by atoms with E-state index in [1.54, 1.807) is 4.90 Å². The second-order valence-corrected chi connectivity index (χ2v) is 11.6. The Hall–Kier alpha value is -4.17. The maximum absolute atomic E-state index is 12.5. The van der Waals surface area contributed by atoms with E-state index in [9.17, 15) is 14.9 Å². The Kier molecular flexibility index (Phi) is 9.46. The highest BCUT2D eigenvalue weighted by Crippen LogP contribution is 2.37. The molecule has 228 valence electrons. The third-order valence-electron chi connectivity index (χ3n) is 8.64. The summed E-state index contributed by atoms with van der Waals surface area (Å²) in [6.07, 6.45) is 6.02. The van der Waals surface area contributed by atoms with Crippen LogP contribution in [0, 0.1) is 11.3 Å². The van der Waals surface area contributed by atoms with Crippen LogP contribution in [0.1, 0.15) is 46.4 Å². The largest absolute Gasteiger partial charge is 0.465 e. The lowest BCUT2D eigenvalue weighted by molar-refractivity contribution is -0.128. The third-order valence-corrected chi connectivity index (χ3v) is 8.64. The second kappa shape index (κ2) is 13.4. The smallest absolute Gasteiger partial charge is 0.337 e. The van der Waals surface area contributed by atoms with E-state index >= 15 is 0 Å². The predicted octanol–water partition coefficient (Wildman–Crippen LogP) is 2.63. The van der Waals surface area contributed by atoms with E-state index in [0.717, 1.165) is 62.3 Å². The second-order valence-electron chi connectivity index (χ2n) is 11.6. The number of methoxy groups -OCH3 is 1. The summed E-state index contributed by atoms with van der Waals surface area (Å²) in [5.74, 6) is 0.378. The van der Waals surface area contributed by atoms with Crippen LogP contribution in [0.15, 0.2) is 30.9 Å². The number of fused-ring (bicyclic) bond motifs is 2. The number of esters is 1. The number of piperazine rings is 1. The summed E-state index contributed by atoms with van der Waals surface area (Å²) in [5, 5.41) is 9.49. The predicted molar refractivity (Wildman–Crippen MR) is 163 cm³/mol. The highest BCUT2D eigenvalue weighted by atomic mass is 16.5. The number of nitrogens with zero attached hydrogens (tertiary/aromatic N) is 7. The molecule has 0 radical (unpaired) electrons. The number of anilines is 2. The molecule has 1 aromatic heterocycles. The monoisotopic (exact) mass is 587 g/mol. The summed E-state index contributed by atoms with van der Waals surface area (Å²) in [6, 6.07) is 8.48. The normalized spacial score (nSPS) is 19.7. The van der Waals surface area contributed by atoms with Crippen LogP contribution in [0.2, 0.25) is 0 Å². The van der Waals surface area contributed by atoms with Crippen molar-refractivity contribution in [2.75, 3.05) is 70.3 Å². The minimum Gasteiger partial charge on any atom is -0.465 e. The highest BCUT2D eigenvalue weighted by molar-refractivity contribution is 5.90. The first-order valence-electron chi connectivity index (χ1n) is 15.0. The van der Waals surface area contributed by atoms with E-state index in [2.05, 4.69) is 33.4 Å². The average molecular weight is 588 g/mol. The van der Waals surface area contributed by atoms with Crippen LogP contribution in [0.25, 0.3) is 0 Å². The number of aromatic nitrogens is 2. The van der Waals surface area contributed by atoms with Gasteiger partial charge in [-0.05, 0) is 69.6 Å². The molecule has 43 heavy (non-hydrogen) atoms. The van der Waals surface area contributed by atoms with E-state index < -0.39 is 0 Å². The number of carbonyl (C=O) groups excluding carboxylic acids is 2. The molecule has 1 amide bonds. The van der Waals surface area contributed by atoms with Gasteiger partial charge in [0.05, 0.1) is 36.9 Å². The van der Waals surface area contributed by atoms with Gasteiger partial charge in [-0.2, -0.15) is 15.2 Å². The number of amides is 1. The van der Waals surface area contributed by atoms with E-state index in [-0.39, 0.29) is 30.4 Å². The van der Waals surface area contributed by atoms with Crippen molar-refractivity contribution >= 4 is 23.4 Å². The number of ether oxygens (including phenoxy) is 2. The zero-order chi connectivity index (χ0) is 30.5. The number of carbonyl (C=O) groups is 2. The fraction of sp³-hybridized carbons (Fsp3) is 0.531. The molecule has 2 atom stereocenters. The molecule has 1 unspecified atom stereocenters. The van der Waals surface area contributed by atoms with Crippen molar-refractivity contribution in [3.8, 4) is 12.1 Å². The van der Waals surface area contributed by atoms with Gasteiger partial charge in [0.25, 0.3) is 0 Å². The molecular weight excluding hydrogens is 546 g/mol. The molecule has 1 fully saturated rings. The summed E-state index contributed by atoms with van der Waals surface area (Å²) in [4.78, 5) is 42.9. The van der Waals surface area contributed by atoms with E-state index in [1.807, 2.05) is 26.2 Å². The number of hydrogen-bond donors (Lipinski definition) is 0. The van der Waals surface area contributed by atoms with Crippen molar-refractivity contribution in [3.63, 3.8) is 0 Å². The minimum atomic E-state index is -0.316. The van der Waals surface area contributed by atoms with E-state index in [0.29, 0.717) is 37.8 Å². The van der Waals surface area contributed by atoms with Gasteiger partial charge in [0.1, 0.15) is 12.4 Å². The minimum absolute atomic E-state index is 0.152. The molecule has 1 aliphatic carbocycles. The number of likely N-dealkylation sites (N-methyl/N-ethyl adjacent to an activating group) is 1. The Morgan fingerprint density at radius 2 is 2.05 bits per heavy atom. The van der Waals surface area contributed by atoms with Gasteiger partial charge >= 0.3 is 12.0 Å². The zero-order valence-electron chi connectivity index (χ0n) is 25.4. The molecule has 11 nitrogen and oxygen atoms in total. The lowest BCUT2D eigenvalue weighted by Gasteiger charge is -2.43. The van der Waals surface area contributed by atoms with Crippen LogP contribution < -0.4 is 14.5 Å². The Morgan fingerprint density at radius 3 is 2.79 bits per heavy atom. The molecule has 11 heteroatoms. The van der Waals surface area contributed by atoms with Crippen molar-refractivity contribution in [2.45, 2.75) is 50.6 Å². The van der Waals surface area contributed by atoms with Gasteiger partial charge in [0.15, 0.2) is 0 Å². The Morgan fingerprint density at radius 1 is 1.21 bits per heavy atom. The van der Waals surface area contributed by atoms with Gasteiger partial charge in [-0.15, -0.1) is 0 Å². The highest BCUT2D eigenvalue weighted by Gasteiger charge is 2.35. The van der Waals surface area contributed by atoms with Crippen LogP contribution in [0.5, 0.6) is 6.01 Å². The van der Waals surface area contributed by atoms with Gasteiger partial charge in [0.2, 0.25) is 5.91 Å². The lowest BCUT2D eigenvalue weighted by Crippen LogP contribution is -2.55. The van der Waals surface area contributed by atoms with Crippen molar-refractivity contribution in [2.24, 2.45) is 0 Å². The molecule has 0 N–H and O–H groups in total. The number of benzene rings is 1. The third kappa shape index (κ3) is 6.59. The first kappa shape index (κ1) is 30.3. The summed E-state index contributed by atoms with van der Waals surface area (Å²) in [7, 11) is 5.40. The molecule has 1 saturated heterocycles. The summed E-state index contributed by atoms with van der Waals surface area (Å²) in [6.45, 7) is 7.41. The van der Waals surface area contributed by atoms with Gasteiger partial charge < -0.3 is 29.1 Å². The standard InChI is InChI=1S/C32H41N7O4/c1-5-29(40)39-16-15-37(21-25(39)12-13-33)30-26-10-9-24(20-27(26)34-32(35-30)43-18-17-36(2)3)38-14-6-7-22-19-23(31(41)42-4)8-11-28(22)38/h5,8,11,19,24-25H,1,6-7,9-10,12,14-18,20-21H2,2-4H3/t24?,25-/m0/s1. The number of nitriles is 1. The van der Waals surface area contributed by atoms with Crippen molar-refractivity contribution in [3.05, 3.63) is 53.2 Å². The molecule has 3 aliphatic rings.